The SMILES string of the molecule is O=C1C[C@H](c2cccnc2)C2(CCN(Cc3ccco3)CC2)N1. The monoisotopic (exact) mass is 311 g/mol. The maximum absolute atomic E-state index is 12.1. The van der Waals surface area contributed by atoms with Crippen LogP contribution in [0.3, 0.4) is 0 Å². The summed E-state index contributed by atoms with van der Waals surface area (Å²) in [6.45, 7) is 2.78. The average molecular weight is 311 g/mol. The van der Waals surface area contributed by atoms with E-state index in [1.807, 2.05) is 24.4 Å². The molecule has 2 saturated heterocycles. The van der Waals surface area contributed by atoms with E-state index in [-0.39, 0.29) is 17.4 Å². The van der Waals surface area contributed by atoms with Gasteiger partial charge >= 0.3 is 0 Å². The standard InChI is InChI=1S/C18H21N3O2/c22-17-11-16(14-3-1-7-19-12-14)18(20-17)5-8-21(9-6-18)13-15-4-2-10-23-15/h1-4,7,10,12,16H,5-6,8-9,11,13H2,(H,20,22)/t16-/m1/s1. The third kappa shape index (κ3) is 2.77. The Balaban J connectivity index is 1.49. The Kier molecular flexibility index (Phi) is 3.65. The second-order valence-electron chi connectivity index (χ2n) is 6.60. The van der Waals surface area contributed by atoms with Gasteiger partial charge in [-0.25, -0.2) is 0 Å². The average Bonchev–Trinajstić information content (AvgIpc) is 3.19. The van der Waals surface area contributed by atoms with Gasteiger partial charge in [0.15, 0.2) is 0 Å². The highest BCUT2D eigenvalue weighted by atomic mass is 16.3. The Bertz CT molecular complexity index is 661. The lowest BCUT2D eigenvalue weighted by atomic mass is 9.75. The summed E-state index contributed by atoms with van der Waals surface area (Å²) in [6.07, 6.45) is 7.92. The minimum Gasteiger partial charge on any atom is -0.468 e. The van der Waals surface area contributed by atoms with Crippen molar-refractivity contribution in [2.75, 3.05) is 13.1 Å². The molecular formula is C18H21N3O2. The minimum absolute atomic E-state index is 0.111. The van der Waals surface area contributed by atoms with Crippen molar-refractivity contribution in [1.29, 1.82) is 0 Å². The van der Waals surface area contributed by atoms with E-state index in [0.717, 1.165) is 38.2 Å². The molecule has 0 bridgehead atoms. The Morgan fingerprint density at radius 2 is 2.17 bits per heavy atom. The highest BCUT2D eigenvalue weighted by Crippen LogP contribution is 2.43. The fraction of sp³-hybridized carbons (Fsp3) is 0.444. The number of likely N-dealkylation sites (tertiary alicyclic amines) is 1. The van der Waals surface area contributed by atoms with Crippen LogP contribution in [0, 0.1) is 0 Å². The number of nitrogens with one attached hydrogen (secondary N) is 1. The summed E-state index contributed by atoms with van der Waals surface area (Å²) in [7, 11) is 0. The van der Waals surface area contributed by atoms with Crippen molar-refractivity contribution in [3.8, 4) is 0 Å². The fourth-order valence-corrected chi connectivity index (χ4v) is 4.02. The van der Waals surface area contributed by atoms with Crippen LogP contribution in [0.1, 0.15) is 36.5 Å². The maximum Gasteiger partial charge on any atom is 0.221 e. The van der Waals surface area contributed by atoms with Crippen molar-refractivity contribution in [3.05, 3.63) is 54.2 Å². The zero-order chi connectivity index (χ0) is 15.7. The Morgan fingerprint density at radius 3 is 2.87 bits per heavy atom. The van der Waals surface area contributed by atoms with Gasteiger partial charge in [-0.2, -0.15) is 0 Å². The molecule has 0 saturated carbocycles. The first-order valence-corrected chi connectivity index (χ1v) is 8.21. The van der Waals surface area contributed by atoms with E-state index in [0.29, 0.717) is 6.42 Å². The van der Waals surface area contributed by atoms with Gasteiger partial charge in [0.1, 0.15) is 5.76 Å². The van der Waals surface area contributed by atoms with E-state index in [9.17, 15) is 4.79 Å². The molecule has 1 amide bonds. The van der Waals surface area contributed by atoms with E-state index in [1.165, 1.54) is 5.56 Å². The molecule has 0 unspecified atom stereocenters. The van der Waals surface area contributed by atoms with Gasteiger partial charge in [0.05, 0.1) is 12.8 Å². The van der Waals surface area contributed by atoms with Crippen LogP contribution in [-0.4, -0.2) is 34.4 Å². The lowest BCUT2D eigenvalue weighted by Crippen LogP contribution is -2.53. The van der Waals surface area contributed by atoms with Gasteiger partial charge < -0.3 is 9.73 Å². The molecular weight excluding hydrogens is 290 g/mol. The second-order valence-corrected chi connectivity index (χ2v) is 6.60. The van der Waals surface area contributed by atoms with Crippen molar-refractivity contribution in [2.24, 2.45) is 0 Å². The van der Waals surface area contributed by atoms with Crippen molar-refractivity contribution in [1.82, 2.24) is 15.2 Å². The number of piperidine rings is 1. The summed E-state index contributed by atoms with van der Waals surface area (Å²) in [5, 5.41) is 3.28. The molecule has 1 atom stereocenters. The zero-order valence-electron chi connectivity index (χ0n) is 13.1. The summed E-state index contributed by atoms with van der Waals surface area (Å²) in [4.78, 5) is 18.7. The van der Waals surface area contributed by atoms with Crippen LogP contribution in [0.4, 0.5) is 0 Å². The highest BCUT2D eigenvalue weighted by molar-refractivity contribution is 5.81. The molecule has 2 aromatic heterocycles. The third-order valence-corrected chi connectivity index (χ3v) is 5.24. The normalized spacial score (nSPS) is 24.0. The summed E-state index contributed by atoms with van der Waals surface area (Å²) >= 11 is 0. The van der Waals surface area contributed by atoms with E-state index in [2.05, 4.69) is 21.3 Å². The number of aromatic nitrogens is 1. The van der Waals surface area contributed by atoms with Crippen molar-refractivity contribution in [2.45, 2.75) is 37.3 Å². The Labute approximate surface area is 135 Å². The molecule has 0 aromatic carbocycles. The van der Waals surface area contributed by atoms with Crippen LogP contribution in [0.15, 0.2) is 47.3 Å². The molecule has 0 aliphatic carbocycles. The first kappa shape index (κ1) is 14.5. The Morgan fingerprint density at radius 1 is 1.30 bits per heavy atom. The summed E-state index contributed by atoms with van der Waals surface area (Å²) in [5.74, 6) is 1.40. The first-order valence-electron chi connectivity index (χ1n) is 8.21. The number of rotatable bonds is 3. The van der Waals surface area contributed by atoms with Crippen LogP contribution >= 0.6 is 0 Å². The molecule has 1 spiro atoms. The number of carbonyl (C=O) groups is 1. The predicted molar refractivity (Wildman–Crippen MR) is 85.7 cm³/mol. The third-order valence-electron chi connectivity index (χ3n) is 5.24. The molecule has 120 valence electrons. The molecule has 5 heteroatoms. The molecule has 2 fully saturated rings. The van der Waals surface area contributed by atoms with E-state index < -0.39 is 0 Å². The smallest absolute Gasteiger partial charge is 0.221 e. The van der Waals surface area contributed by atoms with Gasteiger partial charge in [0.25, 0.3) is 0 Å². The lowest BCUT2D eigenvalue weighted by Gasteiger charge is -2.42. The number of furan rings is 1. The van der Waals surface area contributed by atoms with Crippen molar-refractivity contribution in [3.63, 3.8) is 0 Å². The van der Waals surface area contributed by atoms with E-state index >= 15 is 0 Å². The van der Waals surface area contributed by atoms with Crippen LogP contribution < -0.4 is 5.32 Å². The molecule has 0 radical (unpaired) electrons. The molecule has 4 rings (SSSR count). The molecule has 23 heavy (non-hydrogen) atoms. The summed E-state index contributed by atoms with van der Waals surface area (Å²) < 4.78 is 5.44. The molecule has 4 heterocycles. The van der Waals surface area contributed by atoms with E-state index in [4.69, 9.17) is 4.42 Å². The first-order chi connectivity index (χ1) is 11.3. The molecule has 2 aromatic rings. The number of amides is 1. The maximum atomic E-state index is 12.1. The number of carbonyl (C=O) groups excluding carboxylic acids is 1. The van der Waals surface area contributed by atoms with Gasteiger partial charge in [-0.15, -0.1) is 0 Å². The van der Waals surface area contributed by atoms with Crippen molar-refractivity contribution >= 4 is 5.91 Å². The van der Waals surface area contributed by atoms with Gasteiger partial charge in [0.2, 0.25) is 5.91 Å². The van der Waals surface area contributed by atoms with Gasteiger partial charge in [0, 0.05) is 43.4 Å². The van der Waals surface area contributed by atoms with Crippen LogP contribution in [0.25, 0.3) is 0 Å². The quantitative estimate of drug-likeness (QED) is 0.945. The van der Waals surface area contributed by atoms with Crippen LogP contribution in [0.5, 0.6) is 0 Å². The summed E-state index contributed by atoms with van der Waals surface area (Å²) in [5.41, 5.74) is 1.06. The topological polar surface area (TPSA) is 58.4 Å². The zero-order valence-corrected chi connectivity index (χ0v) is 13.1. The van der Waals surface area contributed by atoms with Crippen LogP contribution in [0.2, 0.25) is 0 Å². The molecule has 5 nitrogen and oxygen atoms in total. The molecule has 2 aliphatic rings. The fourth-order valence-electron chi connectivity index (χ4n) is 4.02. The second kappa shape index (κ2) is 5.81. The van der Waals surface area contributed by atoms with Gasteiger partial charge in [-0.1, -0.05) is 6.07 Å². The number of hydrogen-bond donors (Lipinski definition) is 1. The largest absolute Gasteiger partial charge is 0.468 e. The predicted octanol–water partition coefficient (Wildman–Crippen LogP) is 2.31. The summed E-state index contributed by atoms with van der Waals surface area (Å²) in [6, 6.07) is 7.99. The highest BCUT2D eigenvalue weighted by Gasteiger charge is 2.48. The van der Waals surface area contributed by atoms with E-state index in [1.54, 1.807) is 12.5 Å². The minimum atomic E-state index is -0.111. The van der Waals surface area contributed by atoms with Gasteiger partial charge in [-0.3, -0.25) is 14.7 Å². The Hall–Kier alpha value is -2.14. The number of nitrogens with zero attached hydrogens (tertiary/aromatic N) is 2. The number of pyridine rings is 1. The molecule has 2 aliphatic heterocycles. The lowest BCUT2D eigenvalue weighted by molar-refractivity contribution is -0.120. The molecule has 1 N–H and O–H groups in total. The number of hydrogen-bond acceptors (Lipinski definition) is 4. The van der Waals surface area contributed by atoms with Crippen molar-refractivity contribution < 1.29 is 9.21 Å². The van der Waals surface area contributed by atoms with Crippen LogP contribution in [-0.2, 0) is 11.3 Å². The van der Waals surface area contributed by atoms with Gasteiger partial charge in [-0.05, 0) is 36.6 Å².